The molecule has 0 amide bonds. The standard InChI is InChI=1S/C21H32N6O/c1-3-22-21(23-14-12-17-9-6-7-10-18(17)28-2)24-15-13-20-26-25-19-11-5-4-8-16-27(19)20/h6-7,9-10H,3-5,8,11-16H2,1-2H3,(H2,22,23,24). The number of nitrogens with one attached hydrogen (secondary N) is 2. The van der Waals surface area contributed by atoms with Gasteiger partial charge in [-0.15, -0.1) is 10.2 Å². The average Bonchev–Trinajstić information content (AvgIpc) is 2.94. The number of ether oxygens (including phenoxy) is 1. The Morgan fingerprint density at radius 2 is 2.04 bits per heavy atom. The normalized spacial score (nSPS) is 14.3. The maximum absolute atomic E-state index is 5.42. The van der Waals surface area contributed by atoms with E-state index in [1.807, 2.05) is 18.2 Å². The zero-order valence-corrected chi connectivity index (χ0v) is 17.1. The Labute approximate surface area is 167 Å². The molecule has 28 heavy (non-hydrogen) atoms. The summed E-state index contributed by atoms with van der Waals surface area (Å²) in [5.74, 6) is 3.97. The van der Waals surface area contributed by atoms with Crippen LogP contribution >= 0.6 is 0 Å². The van der Waals surface area contributed by atoms with E-state index in [-0.39, 0.29) is 0 Å². The molecule has 152 valence electrons. The van der Waals surface area contributed by atoms with Crippen LogP contribution in [0.3, 0.4) is 0 Å². The van der Waals surface area contributed by atoms with Crippen LogP contribution in [-0.2, 0) is 25.8 Å². The van der Waals surface area contributed by atoms with Crippen LogP contribution < -0.4 is 15.4 Å². The third-order valence-electron chi connectivity index (χ3n) is 5.01. The van der Waals surface area contributed by atoms with Gasteiger partial charge in [0.25, 0.3) is 0 Å². The van der Waals surface area contributed by atoms with Crippen molar-refractivity contribution in [1.82, 2.24) is 25.4 Å². The van der Waals surface area contributed by atoms with Crippen molar-refractivity contribution in [3.05, 3.63) is 41.5 Å². The fraction of sp³-hybridized carbons (Fsp3) is 0.571. The van der Waals surface area contributed by atoms with Crippen LogP contribution in [0.25, 0.3) is 0 Å². The Morgan fingerprint density at radius 1 is 1.14 bits per heavy atom. The first-order valence-corrected chi connectivity index (χ1v) is 10.4. The zero-order chi connectivity index (χ0) is 19.6. The molecule has 2 aromatic rings. The third kappa shape index (κ3) is 5.47. The summed E-state index contributed by atoms with van der Waals surface area (Å²) in [6, 6.07) is 8.13. The van der Waals surface area contributed by atoms with Crippen molar-refractivity contribution in [2.24, 2.45) is 4.99 Å². The van der Waals surface area contributed by atoms with Crippen molar-refractivity contribution in [3.8, 4) is 5.75 Å². The lowest BCUT2D eigenvalue weighted by molar-refractivity contribution is 0.409. The van der Waals surface area contributed by atoms with Gasteiger partial charge >= 0.3 is 0 Å². The van der Waals surface area contributed by atoms with Crippen LogP contribution in [0, 0.1) is 0 Å². The molecule has 7 heteroatoms. The van der Waals surface area contributed by atoms with Crippen LogP contribution in [-0.4, -0.2) is 47.5 Å². The van der Waals surface area contributed by atoms with Crippen molar-refractivity contribution in [3.63, 3.8) is 0 Å². The monoisotopic (exact) mass is 384 g/mol. The molecule has 0 unspecified atom stereocenters. The molecule has 0 aliphatic carbocycles. The summed E-state index contributed by atoms with van der Waals surface area (Å²) in [6.45, 7) is 5.45. The molecular weight excluding hydrogens is 352 g/mol. The second-order valence-corrected chi connectivity index (χ2v) is 6.99. The lowest BCUT2D eigenvalue weighted by Gasteiger charge is -2.13. The van der Waals surface area contributed by atoms with Crippen molar-refractivity contribution in [2.75, 3.05) is 26.7 Å². The van der Waals surface area contributed by atoms with E-state index in [2.05, 4.69) is 38.4 Å². The molecule has 0 bridgehead atoms. The topological polar surface area (TPSA) is 76.4 Å². The number of para-hydroxylation sites is 1. The van der Waals surface area contributed by atoms with Crippen LogP contribution in [0.4, 0.5) is 0 Å². The predicted octanol–water partition coefficient (Wildman–Crippen LogP) is 2.35. The highest BCUT2D eigenvalue weighted by molar-refractivity contribution is 5.79. The van der Waals surface area contributed by atoms with Gasteiger partial charge in [-0.3, -0.25) is 4.99 Å². The molecule has 3 rings (SSSR count). The first-order valence-electron chi connectivity index (χ1n) is 10.4. The Hall–Kier alpha value is -2.57. The summed E-state index contributed by atoms with van der Waals surface area (Å²) in [5, 5.41) is 15.5. The molecule has 2 heterocycles. The summed E-state index contributed by atoms with van der Waals surface area (Å²) in [4.78, 5) is 4.72. The highest BCUT2D eigenvalue weighted by Gasteiger charge is 2.14. The molecule has 1 aliphatic rings. The lowest BCUT2D eigenvalue weighted by Crippen LogP contribution is -2.38. The fourth-order valence-electron chi connectivity index (χ4n) is 3.56. The van der Waals surface area contributed by atoms with Gasteiger partial charge in [-0.1, -0.05) is 24.6 Å². The van der Waals surface area contributed by atoms with E-state index < -0.39 is 0 Å². The SMILES string of the molecule is CCNC(=NCCc1nnc2n1CCCCC2)NCCc1ccccc1OC. The van der Waals surface area contributed by atoms with E-state index in [4.69, 9.17) is 9.73 Å². The van der Waals surface area contributed by atoms with Gasteiger partial charge in [-0.2, -0.15) is 0 Å². The minimum Gasteiger partial charge on any atom is -0.496 e. The van der Waals surface area contributed by atoms with Gasteiger partial charge in [0.05, 0.1) is 7.11 Å². The summed E-state index contributed by atoms with van der Waals surface area (Å²) in [6.07, 6.45) is 6.46. The number of nitrogens with zero attached hydrogens (tertiary/aromatic N) is 4. The summed E-state index contributed by atoms with van der Waals surface area (Å²) in [7, 11) is 1.71. The molecule has 1 aromatic carbocycles. The van der Waals surface area contributed by atoms with E-state index in [0.717, 1.165) is 62.3 Å². The number of aryl methyl sites for hydroxylation is 1. The first kappa shape index (κ1) is 20.2. The average molecular weight is 385 g/mol. The number of guanidine groups is 1. The van der Waals surface area contributed by atoms with Crippen LogP contribution in [0.2, 0.25) is 0 Å². The number of aromatic nitrogens is 3. The van der Waals surface area contributed by atoms with Crippen LogP contribution in [0.5, 0.6) is 5.75 Å². The molecule has 0 spiro atoms. The highest BCUT2D eigenvalue weighted by Crippen LogP contribution is 2.17. The van der Waals surface area contributed by atoms with Gasteiger partial charge in [0.15, 0.2) is 5.96 Å². The van der Waals surface area contributed by atoms with Gasteiger partial charge in [0.2, 0.25) is 0 Å². The van der Waals surface area contributed by atoms with Gasteiger partial charge < -0.3 is 19.9 Å². The minimum absolute atomic E-state index is 0.697. The highest BCUT2D eigenvalue weighted by atomic mass is 16.5. The molecule has 1 aromatic heterocycles. The number of hydrogen-bond donors (Lipinski definition) is 2. The summed E-state index contributed by atoms with van der Waals surface area (Å²) < 4.78 is 7.72. The summed E-state index contributed by atoms with van der Waals surface area (Å²) >= 11 is 0. The Balaban J connectivity index is 1.52. The van der Waals surface area contributed by atoms with Gasteiger partial charge in [0, 0.05) is 39.0 Å². The second kappa shape index (κ2) is 10.7. The van der Waals surface area contributed by atoms with Gasteiger partial charge in [-0.25, -0.2) is 0 Å². The number of methoxy groups -OCH3 is 1. The molecular formula is C21H32N6O. The predicted molar refractivity (Wildman–Crippen MR) is 112 cm³/mol. The molecule has 0 radical (unpaired) electrons. The first-order chi connectivity index (χ1) is 13.8. The van der Waals surface area contributed by atoms with Gasteiger partial charge in [0.1, 0.15) is 17.4 Å². The van der Waals surface area contributed by atoms with Crippen LogP contribution in [0.15, 0.2) is 29.3 Å². The molecule has 1 aliphatic heterocycles. The van der Waals surface area contributed by atoms with E-state index >= 15 is 0 Å². The quantitative estimate of drug-likeness (QED) is 0.540. The van der Waals surface area contributed by atoms with E-state index in [9.17, 15) is 0 Å². The Morgan fingerprint density at radius 3 is 2.89 bits per heavy atom. The van der Waals surface area contributed by atoms with Gasteiger partial charge in [-0.05, 0) is 37.8 Å². The Bertz CT molecular complexity index is 770. The van der Waals surface area contributed by atoms with E-state index in [0.29, 0.717) is 6.54 Å². The third-order valence-corrected chi connectivity index (χ3v) is 5.01. The number of rotatable bonds is 8. The largest absolute Gasteiger partial charge is 0.496 e. The number of hydrogen-bond acceptors (Lipinski definition) is 4. The van der Waals surface area contributed by atoms with E-state index in [1.54, 1.807) is 7.11 Å². The number of fused-ring (bicyclic) bond motifs is 1. The fourth-order valence-corrected chi connectivity index (χ4v) is 3.56. The number of aliphatic imine (C=N–C) groups is 1. The second-order valence-electron chi connectivity index (χ2n) is 6.99. The number of benzene rings is 1. The molecule has 0 atom stereocenters. The molecule has 0 saturated heterocycles. The molecule has 7 nitrogen and oxygen atoms in total. The molecule has 2 N–H and O–H groups in total. The van der Waals surface area contributed by atoms with Crippen molar-refractivity contribution in [2.45, 2.75) is 52.0 Å². The molecule has 0 saturated carbocycles. The lowest BCUT2D eigenvalue weighted by atomic mass is 10.1. The van der Waals surface area contributed by atoms with Crippen molar-refractivity contribution < 1.29 is 4.74 Å². The van der Waals surface area contributed by atoms with E-state index in [1.165, 1.54) is 24.8 Å². The maximum Gasteiger partial charge on any atom is 0.191 e. The van der Waals surface area contributed by atoms with Crippen molar-refractivity contribution in [1.29, 1.82) is 0 Å². The maximum atomic E-state index is 5.42. The zero-order valence-electron chi connectivity index (χ0n) is 17.1. The minimum atomic E-state index is 0.697. The summed E-state index contributed by atoms with van der Waals surface area (Å²) in [5.41, 5.74) is 1.19. The molecule has 0 fully saturated rings. The van der Waals surface area contributed by atoms with Crippen LogP contribution in [0.1, 0.15) is 43.4 Å². The Kier molecular flexibility index (Phi) is 7.70. The smallest absolute Gasteiger partial charge is 0.191 e. The van der Waals surface area contributed by atoms with Crippen molar-refractivity contribution >= 4 is 5.96 Å².